The van der Waals surface area contributed by atoms with E-state index in [1.807, 2.05) is 13.8 Å². The fourth-order valence-electron chi connectivity index (χ4n) is 3.95. The first kappa shape index (κ1) is 27.6. The van der Waals surface area contributed by atoms with Gasteiger partial charge in [0.25, 0.3) is 0 Å². The van der Waals surface area contributed by atoms with E-state index in [0.29, 0.717) is 11.9 Å². The van der Waals surface area contributed by atoms with Crippen LogP contribution in [-0.4, -0.2) is 23.8 Å². The van der Waals surface area contributed by atoms with Crippen molar-refractivity contribution >= 4 is 21.8 Å². The molecule has 1 N–H and O–H groups in total. The molecule has 32 heavy (non-hydrogen) atoms. The minimum Gasteiger partial charge on any atom is -0.347 e. The Morgan fingerprint density at radius 2 is 1.72 bits per heavy atom. The van der Waals surface area contributed by atoms with Gasteiger partial charge in [-0.25, -0.2) is 4.39 Å². The fraction of sp³-hybridized carbons (Fsp3) is 0.370. The van der Waals surface area contributed by atoms with E-state index >= 15 is 0 Å². The summed E-state index contributed by atoms with van der Waals surface area (Å²) in [5, 5.41) is 3.10. The van der Waals surface area contributed by atoms with E-state index in [1.165, 1.54) is 31.4 Å². The maximum Gasteiger partial charge on any atom is 0.132 e. The highest BCUT2D eigenvalue weighted by Crippen LogP contribution is 2.37. The quantitative estimate of drug-likeness (QED) is 0.142. The SMILES string of the molecule is C=CNC(=NC)/C(C=C)=C(C)/C(=C(/C)C(=C)/C=C\C(F)=C/C)N(C(=C)Br)C1CCCCC1. The standard InChI is InChI=1S/C27H37BrFN3/c1-9-23(29)18-17-19(4)20(5)26(21(6)25(10-2)27(30-8)31-11-3)32(22(7)28)24-15-13-12-14-16-24/h9-11,17-18,24H,2-4,7,12-16H2,1,5-6,8H3,(H,30,31)/b18-17-,23-9+,25-21+,26-20+. The highest BCUT2D eigenvalue weighted by Gasteiger charge is 2.28. The van der Waals surface area contributed by atoms with E-state index in [0.717, 1.165) is 45.4 Å². The molecule has 0 aliphatic heterocycles. The van der Waals surface area contributed by atoms with Crippen LogP contribution in [0.15, 0.2) is 100 Å². The van der Waals surface area contributed by atoms with Crippen molar-refractivity contribution in [1.82, 2.24) is 10.2 Å². The van der Waals surface area contributed by atoms with E-state index in [-0.39, 0.29) is 5.83 Å². The van der Waals surface area contributed by atoms with Crippen LogP contribution in [0.1, 0.15) is 52.9 Å². The normalized spacial score (nSPS) is 17.4. The first-order chi connectivity index (χ1) is 15.2. The molecule has 0 saturated heterocycles. The number of nitrogens with zero attached hydrogens (tertiary/aromatic N) is 2. The average molecular weight is 503 g/mol. The third-order valence-electron chi connectivity index (χ3n) is 5.68. The zero-order valence-corrected chi connectivity index (χ0v) is 21.6. The van der Waals surface area contributed by atoms with Gasteiger partial charge in [0.15, 0.2) is 0 Å². The molecule has 1 fully saturated rings. The Bertz CT molecular complexity index is 881. The summed E-state index contributed by atoms with van der Waals surface area (Å²) in [7, 11) is 1.72. The van der Waals surface area contributed by atoms with E-state index < -0.39 is 0 Å². The highest BCUT2D eigenvalue weighted by molar-refractivity contribution is 9.11. The molecule has 0 bridgehead atoms. The number of hydrogen-bond acceptors (Lipinski definition) is 2. The van der Waals surface area contributed by atoms with Gasteiger partial charge in [-0.05, 0) is 78.5 Å². The maximum absolute atomic E-state index is 13.7. The van der Waals surface area contributed by atoms with Gasteiger partial charge in [0.1, 0.15) is 11.7 Å². The lowest BCUT2D eigenvalue weighted by molar-refractivity contribution is 0.259. The second kappa shape index (κ2) is 13.9. The van der Waals surface area contributed by atoms with Gasteiger partial charge in [-0.3, -0.25) is 4.99 Å². The summed E-state index contributed by atoms with van der Waals surface area (Å²) in [5.74, 6) is 0.367. The van der Waals surface area contributed by atoms with Crippen molar-refractivity contribution in [3.05, 3.63) is 95.2 Å². The minimum atomic E-state index is -0.302. The van der Waals surface area contributed by atoms with Crippen LogP contribution in [0.2, 0.25) is 0 Å². The molecule has 174 valence electrons. The molecule has 0 aromatic rings. The van der Waals surface area contributed by atoms with Gasteiger partial charge >= 0.3 is 0 Å². The summed E-state index contributed by atoms with van der Waals surface area (Å²) in [4.78, 5) is 6.63. The lowest BCUT2D eigenvalue weighted by Crippen LogP contribution is -2.35. The molecule has 0 spiro atoms. The van der Waals surface area contributed by atoms with E-state index in [9.17, 15) is 4.39 Å². The van der Waals surface area contributed by atoms with Crippen molar-refractivity contribution in [2.75, 3.05) is 7.05 Å². The Balaban J connectivity index is 3.81. The molecule has 0 amide bonds. The molecular weight excluding hydrogens is 465 g/mol. The lowest BCUT2D eigenvalue weighted by Gasteiger charge is -2.39. The van der Waals surface area contributed by atoms with Crippen molar-refractivity contribution in [2.24, 2.45) is 4.99 Å². The molecule has 1 aliphatic rings. The van der Waals surface area contributed by atoms with Crippen LogP contribution < -0.4 is 5.32 Å². The van der Waals surface area contributed by atoms with Crippen LogP contribution in [0, 0.1) is 0 Å². The lowest BCUT2D eigenvalue weighted by atomic mass is 9.91. The van der Waals surface area contributed by atoms with E-state index in [2.05, 4.69) is 57.5 Å². The van der Waals surface area contributed by atoms with E-state index in [1.54, 1.807) is 32.3 Å². The topological polar surface area (TPSA) is 27.6 Å². The molecular formula is C27H37BrFN3. The van der Waals surface area contributed by atoms with Crippen LogP contribution in [0.3, 0.4) is 0 Å². The number of amidine groups is 1. The zero-order valence-electron chi connectivity index (χ0n) is 20.0. The molecule has 1 rings (SSSR count). The number of aliphatic imine (C=N–C) groups is 1. The summed E-state index contributed by atoms with van der Waals surface area (Å²) in [6.45, 7) is 22.0. The van der Waals surface area contributed by atoms with Gasteiger partial charge in [0.05, 0.1) is 4.61 Å². The Kier molecular flexibility index (Phi) is 12.0. The summed E-state index contributed by atoms with van der Waals surface area (Å²) in [6.07, 6.45) is 13.7. The first-order valence-corrected chi connectivity index (χ1v) is 11.7. The van der Waals surface area contributed by atoms with Gasteiger partial charge in [0.2, 0.25) is 0 Å². The Morgan fingerprint density at radius 1 is 1.09 bits per heavy atom. The van der Waals surface area contributed by atoms with Gasteiger partial charge in [-0.2, -0.15) is 0 Å². The highest BCUT2D eigenvalue weighted by atomic mass is 79.9. The van der Waals surface area contributed by atoms with Crippen molar-refractivity contribution in [2.45, 2.75) is 58.9 Å². The van der Waals surface area contributed by atoms with Crippen LogP contribution >= 0.6 is 15.9 Å². The van der Waals surface area contributed by atoms with Crippen LogP contribution in [0.4, 0.5) is 4.39 Å². The van der Waals surface area contributed by atoms with Gasteiger partial charge in [-0.1, -0.05) is 63.8 Å². The number of hydrogen-bond donors (Lipinski definition) is 1. The number of halogens is 2. The van der Waals surface area contributed by atoms with Gasteiger partial charge in [-0.15, -0.1) is 0 Å². The molecule has 0 radical (unpaired) electrons. The molecule has 0 atom stereocenters. The van der Waals surface area contributed by atoms with Crippen molar-refractivity contribution < 1.29 is 4.39 Å². The number of allylic oxidation sites excluding steroid dienone is 7. The summed E-state index contributed by atoms with van der Waals surface area (Å²) in [6, 6.07) is 0.306. The minimum absolute atomic E-state index is 0.302. The van der Waals surface area contributed by atoms with Crippen LogP contribution in [0.25, 0.3) is 0 Å². The molecule has 0 heterocycles. The monoisotopic (exact) mass is 501 g/mol. The fourth-order valence-corrected chi connectivity index (χ4v) is 4.42. The third kappa shape index (κ3) is 7.33. The van der Waals surface area contributed by atoms with Crippen molar-refractivity contribution in [3.63, 3.8) is 0 Å². The molecule has 1 saturated carbocycles. The van der Waals surface area contributed by atoms with Gasteiger partial charge in [0, 0.05) is 24.4 Å². The number of nitrogens with one attached hydrogen (secondary N) is 1. The smallest absolute Gasteiger partial charge is 0.132 e. The van der Waals surface area contributed by atoms with Crippen molar-refractivity contribution in [1.29, 1.82) is 0 Å². The first-order valence-electron chi connectivity index (χ1n) is 10.9. The predicted octanol–water partition coefficient (Wildman–Crippen LogP) is 8.01. The molecule has 5 heteroatoms. The number of rotatable bonds is 10. The maximum atomic E-state index is 13.7. The molecule has 3 nitrogen and oxygen atoms in total. The third-order valence-corrected chi connectivity index (χ3v) is 6.06. The summed E-state index contributed by atoms with van der Waals surface area (Å²) in [5.41, 5.74) is 4.45. The molecule has 0 unspecified atom stereocenters. The molecule has 0 aromatic carbocycles. The predicted molar refractivity (Wildman–Crippen MR) is 142 cm³/mol. The van der Waals surface area contributed by atoms with Gasteiger partial charge < -0.3 is 10.2 Å². The van der Waals surface area contributed by atoms with E-state index in [4.69, 9.17) is 0 Å². The Morgan fingerprint density at radius 3 is 2.19 bits per heavy atom. The second-order valence-corrected chi connectivity index (χ2v) is 8.62. The molecule has 0 aromatic heterocycles. The Hall–Kier alpha value is -2.40. The van der Waals surface area contributed by atoms with Crippen LogP contribution in [-0.2, 0) is 0 Å². The largest absolute Gasteiger partial charge is 0.347 e. The van der Waals surface area contributed by atoms with Crippen LogP contribution in [0.5, 0.6) is 0 Å². The second-order valence-electron chi connectivity index (χ2n) is 7.71. The average Bonchev–Trinajstić information content (AvgIpc) is 2.79. The van der Waals surface area contributed by atoms with Crippen molar-refractivity contribution in [3.8, 4) is 0 Å². The molecule has 1 aliphatic carbocycles. The zero-order chi connectivity index (χ0) is 24.3. The Labute approximate surface area is 202 Å². The summed E-state index contributed by atoms with van der Waals surface area (Å²) >= 11 is 3.66. The summed E-state index contributed by atoms with van der Waals surface area (Å²) < 4.78 is 14.5.